The van der Waals surface area contributed by atoms with E-state index in [1.54, 1.807) is 0 Å². The van der Waals surface area contributed by atoms with Crippen molar-refractivity contribution >= 4 is 85.3 Å². The third-order valence-corrected chi connectivity index (χ3v) is 12.5. The van der Waals surface area contributed by atoms with Crippen LogP contribution in [0.15, 0.2) is 167 Å². The van der Waals surface area contributed by atoms with Gasteiger partial charge in [-0.25, -0.2) is 14.5 Å². The quantitative estimate of drug-likeness (QED) is 0.163. The second kappa shape index (κ2) is 12.0. The molecule has 2 radical (unpaired) electrons. The number of benzene rings is 6. The van der Waals surface area contributed by atoms with E-state index in [9.17, 15) is 0 Å². The van der Waals surface area contributed by atoms with Gasteiger partial charge >= 0.3 is 6.01 Å². The minimum absolute atomic E-state index is 0. The van der Waals surface area contributed by atoms with Crippen molar-refractivity contribution in [2.45, 2.75) is 0 Å². The van der Waals surface area contributed by atoms with Crippen LogP contribution in [0.25, 0.3) is 83.2 Å². The Morgan fingerprint density at radius 3 is 1.96 bits per heavy atom. The summed E-state index contributed by atoms with van der Waals surface area (Å²) in [6.45, 7) is 0. The molecule has 0 N–H and O–H groups in total. The molecule has 0 saturated carbocycles. The molecular weight excluding hydrogens is 749 g/mol. The van der Waals surface area contributed by atoms with Crippen LogP contribution >= 0.6 is 0 Å². The van der Waals surface area contributed by atoms with E-state index < -0.39 is 8.96 Å². The fourth-order valence-electron chi connectivity index (χ4n) is 7.65. The number of oxazole rings is 2. The topological polar surface area (TPSA) is 74.8 Å². The zero-order chi connectivity index (χ0) is 33.5. The van der Waals surface area contributed by atoms with Gasteiger partial charge in [-0.15, -0.1) is 0 Å². The van der Waals surface area contributed by atoms with Crippen LogP contribution in [0.1, 0.15) is 0 Å². The van der Waals surface area contributed by atoms with Crippen molar-refractivity contribution in [2.24, 2.45) is 0 Å². The van der Waals surface area contributed by atoms with Crippen LogP contribution in [0.4, 0.5) is 0 Å². The average Bonchev–Trinajstić information content (AvgIpc) is 3.98. The molecule has 11 aromatic rings. The predicted molar refractivity (Wildman–Crippen MR) is 205 cm³/mol. The first-order valence-corrected chi connectivity index (χ1v) is 18.3. The standard InChI is InChI=1S/C43H26N5O2Si.Rh/c1-3-12-27(13-4-1)51(28-14-5-2-6-15-28)48-36-20-10-8-16-29(36)31-23-25-38-40(41(31)48)46-43(50-38)47-35-19-9-7-17-30(35)32-22-24-34(45-42(32)47)33-18-11-21-37-39(33)44-26-49-37;/h1-26H;. The van der Waals surface area contributed by atoms with E-state index in [0.717, 1.165) is 66.3 Å². The Hall–Kier alpha value is -6.15. The second-order valence-electron chi connectivity index (χ2n) is 12.7. The fraction of sp³-hybridized carbons (Fsp3) is 0. The average molecular weight is 776 g/mol. The van der Waals surface area contributed by atoms with Gasteiger partial charge in [0.1, 0.15) is 16.7 Å². The second-order valence-corrected chi connectivity index (χ2v) is 15.0. The Bertz CT molecular complexity index is 3070. The van der Waals surface area contributed by atoms with Crippen LogP contribution in [0.5, 0.6) is 0 Å². The van der Waals surface area contributed by atoms with Crippen LogP contribution in [0.2, 0.25) is 0 Å². The Balaban J connectivity index is 0.00000338. The van der Waals surface area contributed by atoms with Crippen molar-refractivity contribution in [2.75, 3.05) is 0 Å². The molecule has 248 valence electrons. The van der Waals surface area contributed by atoms with Crippen LogP contribution in [0, 0.1) is 0 Å². The maximum absolute atomic E-state index is 6.76. The summed E-state index contributed by atoms with van der Waals surface area (Å²) < 4.78 is 17.0. The molecular formula is C43H26N5O2RhSi. The van der Waals surface area contributed by atoms with Crippen molar-refractivity contribution in [3.63, 3.8) is 0 Å². The molecule has 0 saturated heterocycles. The van der Waals surface area contributed by atoms with Crippen molar-refractivity contribution in [1.29, 1.82) is 0 Å². The monoisotopic (exact) mass is 775 g/mol. The van der Waals surface area contributed by atoms with Crippen molar-refractivity contribution < 1.29 is 28.3 Å². The Morgan fingerprint density at radius 1 is 0.519 bits per heavy atom. The van der Waals surface area contributed by atoms with Crippen LogP contribution in [-0.4, -0.2) is 32.7 Å². The Morgan fingerprint density at radius 2 is 1.19 bits per heavy atom. The summed E-state index contributed by atoms with van der Waals surface area (Å²) in [5.74, 6) is 0. The minimum atomic E-state index is -1.53. The molecule has 0 atom stereocenters. The van der Waals surface area contributed by atoms with Crippen molar-refractivity contribution in [3.05, 3.63) is 158 Å². The summed E-state index contributed by atoms with van der Waals surface area (Å²) >= 11 is 0. The van der Waals surface area contributed by atoms with E-state index in [1.165, 1.54) is 27.7 Å². The van der Waals surface area contributed by atoms with Gasteiger partial charge in [-0.3, -0.25) is 0 Å². The number of hydrogen-bond acceptors (Lipinski definition) is 5. The third kappa shape index (κ3) is 4.49. The zero-order valence-corrected chi connectivity index (χ0v) is 30.0. The molecule has 9 heteroatoms. The number of aromatic nitrogens is 5. The van der Waals surface area contributed by atoms with Crippen LogP contribution < -0.4 is 10.4 Å². The number of hydrogen-bond donors (Lipinski definition) is 0. The molecule has 0 aliphatic heterocycles. The molecule has 5 heterocycles. The summed E-state index contributed by atoms with van der Waals surface area (Å²) in [5.41, 5.74) is 8.71. The van der Waals surface area contributed by atoms with E-state index >= 15 is 0 Å². The molecule has 7 nitrogen and oxygen atoms in total. The van der Waals surface area contributed by atoms with Gasteiger partial charge in [-0.1, -0.05) is 109 Å². The SMILES string of the molecule is [Rh].c1ccc([Si](c2ccccc2)n2c3ccccc3c3ccc4oc(-n5c6ccccc6c6ccc(-c7cccc8ocnc78)nc65)nc4c32)cc1. The summed E-state index contributed by atoms with van der Waals surface area (Å²) in [5, 5.41) is 7.01. The summed E-state index contributed by atoms with van der Waals surface area (Å²) in [7, 11) is -1.53. The minimum Gasteiger partial charge on any atom is -0.443 e. The molecule has 52 heavy (non-hydrogen) atoms. The fourth-order valence-corrected chi connectivity index (χ4v) is 10.4. The van der Waals surface area contributed by atoms with Crippen LogP contribution in [-0.2, 0) is 19.5 Å². The molecule has 6 aromatic carbocycles. The molecule has 11 rings (SSSR count). The maximum atomic E-state index is 6.76. The van der Waals surface area contributed by atoms with Crippen molar-refractivity contribution in [1.82, 2.24) is 23.8 Å². The first-order chi connectivity index (χ1) is 25.3. The molecule has 0 aliphatic carbocycles. The van der Waals surface area contributed by atoms with E-state index in [-0.39, 0.29) is 19.5 Å². The molecule has 0 amide bonds. The summed E-state index contributed by atoms with van der Waals surface area (Å²) in [6, 6.07) is 53.5. The molecule has 5 aromatic heterocycles. The molecule has 0 aliphatic rings. The van der Waals surface area contributed by atoms with Crippen LogP contribution in [0.3, 0.4) is 0 Å². The number of nitrogens with zero attached hydrogens (tertiary/aromatic N) is 5. The maximum Gasteiger partial charge on any atom is 0.309 e. The van der Waals surface area contributed by atoms with Crippen molar-refractivity contribution in [3.8, 4) is 17.3 Å². The van der Waals surface area contributed by atoms with E-state index in [2.05, 4.69) is 135 Å². The predicted octanol–water partition coefficient (Wildman–Crippen LogP) is 8.89. The molecule has 0 bridgehead atoms. The van der Waals surface area contributed by atoms with Gasteiger partial charge in [0.05, 0.1) is 16.7 Å². The number of pyridine rings is 1. The normalized spacial score (nSPS) is 11.9. The van der Waals surface area contributed by atoms with Gasteiger partial charge in [0, 0.05) is 52.1 Å². The smallest absolute Gasteiger partial charge is 0.309 e. The summed E-state index contributed by atoms with van der Waals surface area (Å²) in [6.07, 6.45) is 1.48. The molecule has 0 spiro atoms. The van der Waals surface area contributed by atoms with E-state index in [0.29, 0.717) is 6.01 Å². The number of para-hydroxylation sites is 3. The number of fused-ring (bicyclic) bond motifs is 9. The Labute approximate surface area is 311 Å². The van der Waals surface area contributed by atoms with Gasteiger partial charge < -0.3 is 13.1 Å². The first-order valence-electron chi connectivity index (χ1n) is 16.9. The Kier molecular flexibility index (Phi) is 7.06. The van der Waals surface area contributed by atoms with E-state index in [4.69, 9.17) is 18.8 Å². The molecule has 0 unspecified atom stereocenters. The largest absolute Gasteiger partial charge is 0.443 e. The molecule has 0 fully saturated rings. The van der Waals surface area contributed by atoms with Gasteiger partial charge in [0.25, 0.3) is 0 Å². The van der Waals surface area contributed by atoms with Gasteiger partial charge in [0.2, 0.25) is 8.96 Å². The number of rotatable bonds is 5. The first kappa shape index (κ1) is 30.7. The van der Waals surface area contributed by atoms with E-state index in [1.807, 2.05) is 30.3 Å². The van der Waals surface area contributed by atoms with Gasteiger partial charge in [-0.2, -0.15) is 4.98 Å². The zero-order valence-electron chi connectivity index (χ0n) is 27.4. The van der Waals surface area contributed by atoms with Gasteiger partial charge in [-0.05, 0) is 52.8 Å². The third-order valence-electron chi connectivity index (χ3n) is 9.85. The summed E-state index contributed by atoms with van der Waals surface area (Å²) in [4.78, 5) is 15.1. The van der Waals surface area contributed by atoms with Gasteiger partial charge in [0.15, 0.2) is 17.6 Å².